The highest BCUT2D eigenvalue weighted by Crippen LogP contribution is 2.50. The molecule has 5 rings (SSSR count). The van der Waals surface area contributed by atoms with Gasteiger partial charge in [0.2, 0.25) is 6.29 Å². The molecule has 3 aliphatic heterocycles. The minimum Gasteiger partial charge on any atom is -0.479 e. The number of aliphatic carboxylic acids is 1. The molecule has 4 N–H and O–H groups in total. The molecular weight excluding hydrogens is 470 g/mol. The number of hydrogen-bond acceptors (Lipinski definition) is 8. The maximum Gasteiger partial charge on any atom is 0.412 e. The highest BCUT2D eigenvalue weighted by molar-refractivity contribution is 6.30. The van der Waals surface area contributed by atoms with Crippen LogP contribution in [-0.4, -0.2) is 81.2 Å². The first-order valence-electron chi connectivity index (χ1n) is 10.7. The first-order chi connectivity index (χ1) is 16.2. The van der Waals surface area contributed by atoms with Crippen LogP contribution in [0, 0.1) is 0 Å². The summed E-state index contributed by atoms with van der Waals surface area (Å²) in [5.74, 6) is -0.567. The van der Waals surface area contributed by atoms with Crippen molar-refractivity contribution < 1.29 is 44.2 Å². The van der Waals surface area contributed by atoms with Crippen LogP contribution in [0.3, 0.4) is 0 Å². The molecule has 0 bridgehead atoms. The fraction of sp³-hybridized carbons (Fsp3) is 0.391. The van der Waals surface area contributed by atoms with Gasteiger partial charge < -0.3 is 39.5 Å². The average molecular weight is 492 g/mol. The zero-order valence-electron chi connectivity index (χ0n) is 17.7. The molecule has 7 atom stereocenters. The van der Waals surface area contributed by atoms with Crippen LogP contribution in [0.5, 0.6) is 11.5 Å². The Kier molecular flexibility index (Phi) is 5.86. The van der Waals surface area contributed by atoms with Crippen LogP contribution in [0.15, 0.2) is 42.5 Å². The normalized spacial score (nSPS) is 32.0. The van der Waals surface area contributed by atoms with Gasteiger partial charge in [-0.1, -0.05) is 29.8 Å². The summed E-state index contributed by atoms with van der Waals surface area (Å²) in [5.41, 5.74) is 1.75. The van der Waals surface area contributed by atoms with Crippen molar-refractivity contribution in [3.05, 3.63) is 58.6 Å². The van der Waals surface area contributed by atoms with Crippen molar-refractivity contribution >= 4 is 23.7 Å². The Morgan fingerprint density at radius 3 is 2.35 bits per heavy atom. The third kappa shape index (κ3) is 3.87. The number of nitrogens with zero attached hydrogens (tertiary/aromatic N) is 1. The van der Waals surface area contributed by atoms with Gasteiger partial charge in [0, 0.05) is 41.1 Å². The van der Waals surface area contributed by atoms with E-state index in [1.54, 1.807) is 18.2 Å². The molecule has 11 heteroatoms. The lowest BCUT2D eigenvalue weighted by molar-refractivity contribution is -0.279. The van der Waals surface area contributed by atoms with Gasteiger partial charge in [0.15, 0.2) is 6.10 Å². The SMILES string of the molecule is O=C(O)C1OC(OC(=O)N2CC3c4ccccc4Oc4ccc(Cl)cc4C3C2)C(O)C(O)C1O. The molecule has 0 spiro atoms. The van der Waals surface area contributed by atoms with Crippen LogP contribution >= 0.6 is 11.6 Å². The summed E-state index contributed by atoms with van der Waals surface area (Å²) in [7, 11) is 0. The van der Waals surface area contributed by atoms with Crippen molar-refractivity contribution in [1.82, 2.24) is 4.90 Å². The molecule has 0 saturated carbocycles. The van der Waals surface area contributed by atoms with Crippen LogP contribution in [0.1, 0.15) is 23.0 Å². The van der Waals surface area contributed by atoms with Crippen LogP contribution in [0.25, 0.3) is 0 Å². The number of carboxylic acids is 1. The average Bonchev–Trinajstić information content (AvgIpc) is 3.21. The van der Waals surface area contributed by atoms with Gasteiger partial charge in [0.1, 0.15) is 29.8 Å². The molecule has 2 fully saturated rings. The number of ether oxygens (including phenoxy) is 3. The smallest absolute Gasteiger partial charge is 0.412 e. The second-order valence-corrected chi connectivity index (χ2v) is 9.00. The largest absolute Gasteiger partial charge is 0.479 e. The number of carboxylic acid groups (broad SMARTS) is 1. The molecule has 2 aromatic carbocycles. The molecule has 2 aromatic rings. The number of aliphatic hydroxyl groups excluding tert-OH is 3. The summed E-state index contributed by atoms with van der Waals surface area (Å²) >= 11 is 6.24. The number of hydrogen-bond donors (Lipinski definition) is 4. The molecule has 0 radical (unpaired) electrons. The van der Waals surface area contributed by atoms with Gasteiger partial charge in [-0.05, 0) is 24.3 Å². The molecule has 2 saturated heterocycles. The highest BCUT2D eigenvalue weighted by atomic mass is 35.5. The monoisotopic (exact) mass is 491 g/mol. The van der Waals surface area contributed by atoms with E-state index in [2.05, 4.69) is 0 Å². The van der Waals surface area contributed by atoms with E-state index in [-0.39, 0.29) is 24.9 Å². The number of halogens is 1. The van der Waals surface area contributed by atoms with Crippen molar-refractivity contribution in [2.24, 2.45) is 0 Å². The van der Waals surface area contributed by atoms with Crippen LogP contribution in [0.4, 0.5) is 4.79 Å². The number of likely N-dealkylation sites (tertiary alicyclic amines) is 1. The Hall–Kier alpha value is -2.89. The Morgan fingerprint density at radius 1 is 0.941 bits per heavy atom. The zero-order valence-corrected chi connectivity index (χ0v) is 18.4. The number of para-hydroxylation sites is 1. The third-order valence-corrected chi connectivity index (χ3v) is 6.75. The van der Waals surface area contributed by atoms with Crippen LogP contribution < -0.4 is 4.74 Å². The lowest BCUT2D eigenvalue weighted by Gasteiger charge is -2.38. The number of carbonyl (C=O) groups is 2. The summed E-state index contributed by atoms with van der Waals surface area (Å²) in [6.45, 7) is 0.497. The molecule has 1 amide bonds. The minimum absolute atomic E-state index is 0.139. The standard InChI is InChI=1S/C23H22ClNO9/c24-10-5-6-16-12(7-10)14-9-25(8-13(14)11-3-1-2-4-15(11)32-16)23(31)34-22-19(28)17(26)18(27)20(33-22)21(29)30/h1-7,13-14,17-20,22,26-28H,8-9H2,(H,29,30). The summed E-state index contributed by atoms with van der Waals surface area (Å²) in [6.07, 6.45) is -10.1. The number of aliphatic hydroxyl groups is 3. The molecule has 7 unspecified atom stereocenters. The number of amides is 1. The van der Waals surface area contributed by atoms with Gasteiger partial charge in [-0.3, -0.25) is 0 Å². The van der Waals surface area contributed by atoms with Gasteiger partial charge in [-0.25, -0.2) is 9.59 Å². The lowest BCUT2D eigenvalue weighted by atomic mass is 9.84. The summed E-state index contributed by atoms with van der Waals surface area (Å²) in [6, 6.07) is 12.8. The Balaban J connectivity index is 1.40. The van der Waals surface area contributed by atoms with E-state index in [9.17, 15) is 30.0 Å². The van der Waals surface area contributed by atoms with Crippen LogP contribution in [0.2, 0.25) is 5.02 Å². The molecule has 10 nitrogen and oxygen atoms in total. The summed E-state index contributed by atoms with van der Waals surface area (Å²) in [5, 5.41) is 39.7. The van der Waals surface area contributed by atoms with Gasteiger partial charge in [0.25, 0.3) is 0 Å². The zero-order chi connectivity index (χ0) is 24.1. The molecular formula is C23H22ClNO9. The highest BCUT2D eigenvalue weighted by Gasteiger charge is 2.50. The van der Waals surface area contributed by atoms with Gasteiger partial charge in [0.05, 0.1) is 0 Å². The van der Waals surface area contributed by atoms with Gasteiger partial charge in [-0.15, -0.1) is 0 Å². The Morgan fingerprint density at radius 2 is 1.62 bits per heavy atom. The van der Waals surface area contributed by atoms with E-state index in [0.717, 1.165) is 11.1 Å². The third-order valence-electron chi connectivity index (χ3n) is 6.52. The number of fused-ring (bicyclic) bond motifs is 5. The van der Waals surface area contributed by atoms with E-state index in [4.69, 9.17) is 25.8 Å². The molecule has 180 valence electrons. The van der Waals surface area contributed by atoms with E-state index >= 15 is 0 Å². The number of carbonyl (C=O) groups excluding carboxylic acids is 1. The molecule has 0 aliphatic carbocycles. The maximum absolute atomic E-state index is 13.0. The Labute approximate surface area is 198 Å². The fourth-order valence-corrected chi connectivity index (χ4v) is 4.99. The number of rotatable bonds is 2. The van der Waals surface area contributed by atoms with Crippen molar-refractivity contribution in [2.45, 2.75) is 42.5 Å². The Bertz CT molecular complexity index is 1130. The predicted octanol–water partition coefficient (Wildman–Crippen LogP) is 1.66. The van der Waals surface area contributed by atoms with Gasteiger partial charge in [-0.2, -0.15) is 0 Å². The first kappa shape index (κ1) is 22.9. The molecule has 3 heterocycles. The molecule has 3 aliphatic rings. The quantitative estimate of drug-likeness (QED) is 0.492. The van der Waals surface area contributed by atoms with E-state index in [1.165, 1.54) is 4.90 Å². The second-order valence-electron chi connectivity index (χ2n) is 8.56. The minimum atomic E-state index is -1.88. The lowest BCUT2D eigenvalue weighted by Crippen LogP contribution is -2.61. The van der Waals surface area contributed by atoms with E-state index < -0.39 is 42.8 Å². The molecule has 34 heavy (non-hydrogen) atoms. The first-order valence-corrected chi connectivity index (χ1v) is 11.1. The topological polar surface area (TPSA) is 146 Å². The molecule has 0 aromatic heterocycles. The van der Waals surface area contributed by atoms with E-state index in [1.807, 2.05) is 24.3 Å². The number of benzene rings is 2. The summed E-state index contributed by atoms with van der Waals surface area (Å²) < 4.78 is 16.4. The predicted molar refractivity (Wildman–Crippen MR) is 116 cm³/mol. The second kappa shape index (κ2) is 8.71. The fourth-order valence-electron chi connectivity index (χ4n) is 4.81. The van der Waals surface area contributed by atoms with Crippen molar-refractivity contribution in [2.75, 3.05) is 13.1 Å². The van der Waals surface area contributed by atoms with Gasteiger partial charge >= 0.3 is 12.1 Å². The van der Waals surface area contributed by atoms with E-state index in [0.29, 0.717) is 16.5 Å². The maximum atomic E-state index is 13.0. The van der Waals surface area contributed by atoms with Crippen LogP contribution in [-0.2, 0) is 14.3 Å². The van der Waals surface area contributed by atoms with Crippen molar-refractivity contribution in [3.63, 3.8) is 0 Å². The van der Waals surface area contributed by atoms with Crippen molar-refractivity contribution in [1.29, 1.82) is 0 Å². The summed E-state index contributed by atoms with van der Waals surface area (Å²) in [4.78, 5) is 25.7. The van der Waals surface area contributed by atoms with Crippen molar-refractivity contribution in [3.8, 4) is 11.5 Å².